The number of halogens is 1. The number of nitrogens with two attached hydrogens (primary N) is 1. The molecule has 0 aliphatic carbocycles. The zero-order chi connectivity index (χ0) is 13.9. The lowest BCUT2D eigenvalue weighted by atomic mass is 10.0. The highest BCUT2D eigenvalue weighted by Gasteiger charge is 2.36. The second-order valence-corrected chi connectivity index (χ2v) is 4.42. The molecule has 4 nitrogen and oxygen atoms in total. The number of aliphatic hydroxyl groups is 1. The number of hydrogen-bond donors (Lipinski definition) is 2. The predicted molar refractivity (Wildman–Crippen MR) is 71.0 cm³/mol. The van der Waals surface area contributed by atoms with Crippen LogP contribution in [-0.2, 0) is 15.3 Å². The summed E-state index contributed by atoms with van der Waals surface area (Å²) in [6.45, 7) is 6.62. The third kappa shape index (κ3) is 2.83. The van der Waals surface area contributed by atoms with Crippen molar-refractivity contribution in [1.29, 1.82) is 0 Å². The van der Waals surface area contributed by atoms with Gasteiger partial charge in [-0.25, -0.2) is 4.79 Å². The van der Waals surface area contributed by atoms with E-state index in [1.54, 1.807) is 25.1 Å². The summed E-state index contributed by atoms with van der Waals surface area (Å²) in [6.07, 6.45) is 0.125. The van der Waals surface area contributed by atoms with Crippen molar-refractivity contribution in [3.8, 4) is 0 Å². The van der Waals surface area contributed by atoms with Crippen LogP contribution in [0.25, 0.3) is 0 Å². The number of carbonyl (C=O) groups is 1. The Morgan fingerprint density at radius 3 is 2.67 bits per heavy atom. The standard InChI is InChI=1S/C13H16ClNO3/c1-4-13(17,18-12(16)8(2)3)11-9(14)6-5-7-10(11)15/h5-7,17H,2,4,15H2,1,3H3. The van der Waals surface area contributed by atoms with Gasteiger partial charge in [0.05, 0.1) is 10.6 Å². The molecule has 0 aliphatic rings. The molecule has 1 aromatic rings. The van der Waals surface area contributed by atoms with E-state index in [0.29, 0.717) is 0 Å². The maximum Gasteiger partial charge on any atom is 0.335 e. The number of carbonyl (C=O) groups excluding carboxylic acids is 1. The van der Waals surface area contributed by atoms with Gasteiger partial charge in [-0.3, -0.25) is 0 Å². The van der Waals surface area contributed by atoms with Crippen LogP contribution in [0.1, 0.15) is 25.8 Å². The van der Waals surface area contributed by atoms with Crippen LogP contribution in [0.3, 0.4) is 0 Å². The SMILES string of the molecule is C=C(C)C(=O)OC(O)(CC)c1c(N)cccc1Cl. The first-order valence-corrected chi connectivity index (χ1v) is 5.85. The van der Waals surface area contributed by atoms with Crippen LogP contribution in [0.4, 0.5) is 5.69 Å². The molecule has 18 heavy (non-hydrogen) atoms. The summed E-state index contributed by atoms with van der Waals surface area (Å²) in [7, 11) is 0. The fraction of sp³-hybridized carbons (Fsp3) is 0.308. The second kappa shape index (κ2) is 5.42. The minimum Gasteiger partial charge on any atom is -0.425 e. The molecule has 5 heteroatoms. The van der Waals surface area contributed by atoms with E-state index < -0.39 is 11.8 Å². The lowest BCUT2D eigenvalue weighted by Gasteiger charge is -2.29. The molecule has 0 heterocycles. The molecule has 0 saturated heterocycles. The number of nitrogen functional groups attached to an aromatic ring is 1. The topological polar surface area (TPSA) is 72.5 Å². The Labute approximate surface area is 111 Å². The summed E-state index contributed by atoms with van der Waals surface area (Å²) in [6, 6.07) is 4.80. The van der Waals surface area contributed by atoms with Crippen LogP contribution in [0.15, 0.2) is 30.4 Å². The molecule has 1 unspecified atom stereocenters. The fourth-order valence-corrected chi connectivity index (χ4v) is 1.82. The van der Waals surface area contributed by atoms with E-state index in [2.05, 4.69) is 6.58 Å². The molecule has 1 atom stereocenters. The summed E-state index contributed by atoms with van der Waals surface area (Å²) in [5.41, 5.74) is 6.43. The van der Waals surface area contributed by atoms with Gasteiger partial charge in [0, 0.05) is 17.7 Å². The number of esters is 1. The second-order valence-electron chi connectivity index (χ2n) is 4.01. The molecule has 3 N–H and O–H groups in total. The van der Waals surface area contributed by atoms with Crippen molar-refractivity contribution < 1.29 is 14.6 Å². The number of anilines is 1. The Morgan fingerprint density at radius 2 is 2.22 bits per heavy atom. The van der Waals surface area contributed by atoms with Gasteiger partial charge >= 0.3 is 5.97 Å². The highest BCUT2D eigenvalue weighted by Crippen LogP contribution is 2.36. The molecule has 0 aliphatic heterocycles. The predicted octanol–water partition coefficient (Wildman–Crippen LogP) is 2.60. The van der Waals surface area contributed by atoms with Crippen LogP contribution in [-0.4, -0.2) is 11.1 Å². The summed E-state index contributed by atoms with van der Waals surface area (Å²) in [5.74, 6) is -2.54. The molecule has 1 aromatic carbocycles. The summed E-state index contributed by atoms with van der Waals surface area (Å²) < 4.78 is 5.05. The summed E-state index contributed by atoms with van der Waals surface area (Å²) in [4.78, 5) is 11.5. The Morgan fingerprint density at radius 1 is 1.61 bits per heavy atom. The van der Waals surface area contributed by atoms with Crippen molar-refractivity contribution in [3.05, 3.63) is 40.9 Å². The van der Waals surface area contributed by atoms with Gasteiger partial charge in [0.15, 0.2) is 0 Å². The van der Waals surface area contributed by atoms with Crippen LogP contribution < -0.4 is 5.73 Å². The lowest BCUT2D eigenvalue weighted by Crippen LogP contribution is -2.33. The molecule has 98 valence electrons. The van der Waals surface area contributed by atoms with Crippen molar-refractivity contribution in [3.63, 3.8) is 0 Å². The first-order chi connectivity index (χ1) is 8.31. The van der Waals surface area contributed by atoms with E-state index in [-0.39, 0.29) is 28.3 Å². The minimum atomic E-state index is -1.85. The third-order valence-electron chi connectivity index (χ3n) is 2.53. The molecule has 0 saturated carbocycles. The molecule has 0 bridgehead atoms. The lowest BCUT2D eigenvalue weighted by molar-refractivity contribution is -0.212. The van der Waals surface area contributed by atoms with Crippen molar-refractivity contribution in [2.24, 2.45) is 0 Å². The van der Waals surface area contributed by atoms with Gasteiger partial charge in [-0.15, -0.1) is 0 Å². The van der Waals surface area contributed by atoms with E-state index in [9.17, 15) is 9.90 Å². The van der Waals surface area contributed by atoms with Gasteiger partial charge in [-0.05, 0) is 19.1 Å². The molecule has 0 radical (unpaired) electrons. The number of hydrogen-bond acceptors (Lipinski definition) is 4. The monoisotopic (exact) mass is 269 g/mol. The van der Waals surface area contributed by atoms with Crippen molar-refractivity contribution in [1.82, 2.24) is 0 Å². The molecule has 0 aromatic heterocycles. The van der Waals surface area contributed by atoms with Gasteiger partial charge in [-0.2, -0.15) is 0 Å². The fourth-order valence-electron chi connectivity index (χ4n) is 1.49. The largest absolute Gasteiger partial charge is 0.425 e. The molecular formula is C13H16ClNO3. The Kier molecular flexibility index (Phi) is 4.38. The van der Waals surface area contributed by atoms with Crippen molar-refractivity contribution in [2.75, 3.05) is 5.73 Å². The average molecular weight is 270 g/mol. The minimum absolute atomic E-state index is 0.125. The zero-order valence-electron chi connectivity index (χ0n) is 10.4. The van der Waals surface area contributed by atoms with E-state index in [1.807, 2.05) is 0 Å². The number of rotatable bonds is 4. The van der Waals surface area contributed by atoms with Gasteiger partial charge in [0.1, 0.15) is 0 Å². The highest BCUT2D eigenvalue weighted by molar-refractivity contribution is 6.31. The van der Waals surface area contributed by atoms with Crippen LogP contribution in [0, 0.1) is 0 Å². The summed E-state index contributed by atoms with van der Waals surface area (Å²) in [5, 5.41) is 10.7. The molecule has 0 fully saturated rings. The van der Waals surface area contributed by atoms with Crippen LogP contribution in [0.2, 0.25) is 5.02 Å². The first kappa shape index (κ1) is 14.5. The van der Waals surface area contributed by atoms with E-state index in [1.165, 1.54) is 6.92 Å². The normalized spacial score (nSPS) is 13.8. The average Bonchev–Trinajstić information content (AvgIpc) is 2.28. The van der Waals surface area contributed by atoms with Gasteiger partial charge < -0.3 is 15.6 Å². The van der Waals surface area contributed by atoms with Crippen molar-refractivity contribution >= 4 is 23.3 Å². The number of ether oxygens (including phenoxy) is 1. The quantitative estimate of drug-likeness (QED) is 0.381. The third-order valence-corrected chi connectivity index (χ3v) is 2.84. The van der Waals surface area contributed by atoms with Gasteiger partial charge in [0.2, 0.25) is 5.79 Å². The molecular weight excluding hydrogens is 254 g/mol. The Hall–Kier alpha value is -1.52. The van der Waals surface area contributed by atoms with Crippen molar-refractivity contribution in [2.45, 2.75) is 26.1 Å². The number of benzene rings is 1. The Bertz CT molecular complexity index is 467. The van der Waals surface area contributed by atoms with E-state index in [4.69, 9.17) is 22.1 Å². The Balaban J connectivity index is 3.23. The summed E-state index contributed by atoms with van der Waals surface area (Å²) >= 11 is 6.00. The van der Waals surface area contributed by atoms with Gasteiger partial charge in [0.25, 0.3) is 0 Å². The maximum atomic E-state index is 11.5. The first-order valence-electron chi connectivity index (χ1n) is 5.47. The maximum absolute atomic E-state index is 11.5. The smallest absolute Gasteiger partial charge is 0.335 e. The van der Waals surface area contributed by atoms with Crippen LogP contribution in [0.5, 0.6) is 0 Å². The van der Waals surface area contributed by atoms with E-state index >= 15 is 0 Å². The molecule has 0 amide bonds. The molecule has 1 rings (SSSR count). The van der Waals surface area contributed by atoms with Gasteiger partial charge in [-0.1, -0.05) is 31.2 Å². The highest BCUT2D eigenvalue weighted by atomic mass is 35.5. The molecule has 0 spiro atoms. The van der Waals surface area contributed by atoms with Crippen LogP contribution >= 0.6 is 11.6 Å². The van der Waals surface area contributed by atoms with E-state index in [0.717, 1.165) is 0 Å². The zero-order valence-corrected chi connectivity index (χ0v) is 11.1.